The van der Waals surface area contributed by atoms with E-state index in [1.54, 1.807) is 14.2 Å². The summed E-state index contributed by atoms with van der Waals surface area (Å²) in [5.41, 5.74) is 8.01. The molecule has 2 aliphatic carbocycles. The summed E-state index contributed by atoms with van der Waals surface area (Å²) in [6.45, 7) is 0.994. The SMILES string of the molecule is COc1cccc(-c2nc3c(nc2-c2ccccc2)C[C@@]24CCN(C)[C@@H](Cc5ccc(OC)c(O)c52)[C@H]4C3)c1. The average molecular weight is 520 g/mol. The van der Waals surface area contributed by atoms with E-state index in [2.05, 4.69) is 36.2 Å². The first kappa shape index (κ1) is 24.2. The van der Waals surface area contributed by atoms with Crippen molar-refractivity contribution < 1.29 is 14.6 Å². The summed E-state index contributed by atoms with van der Waals surface area (Å²) in [6.07, 6.45) is 3.48. The summed E-state index contributed by atoms with van der Waals surface area (Å²) in [6, 6.07) is 22.9. The number of piperidine rings is 1. The van der Waals surface area contributed by atoms with Gasteiger partial charge in [0, 0.05) is 34.6 Å². The first-order valence-electron chi connectivity index (χ1n) is 13.7. The molecule has 0 saturated carbocycles. The second-order valence-corrected chi connectivity index (χ2v) is 11.2. The van der Waals surface area contributed by atoms with Crippen molar-refractivity contribution in [3.63, 3.8) is 0 Å². The summed E-state index contributed by atoms with van der Waals surface area (Å²) in [7, 11) is 5.56. The molecular weight excluding hydrogens is 486 g/mol. The molecule has 1 aliphatic heterocycles. The van der Waals surface area contributed by atoms with Crippen LogP contribution in [-0.2, 0) is 24.7 Å². The number of likely N-dealkylation sites (N-methyl/N-ethyl adjacent to an activating group) is 1. The first-order chi connectivity index (χ1) is 19.0. The minimum absolute atomic E-state index is 0.198. The van der Waals surface area contributed by atoms with E-state index in [-0.39, 0.29) is 5.41 Å². The highest BCUT2D eigenvalue weighted by Gasteiger charge is 2.56. The van der Waals surface area contributed by atoms with Gasteiger partial charge in [0.1, 0.15) is 5.75 Å². The molecule has 3 aromatic carbocycles. The molecule has 3 aliphatic rings. The Kier molecular flexibility index (Phi) is 5.63. The molecule has 1 N–H and O–H groups in total. The van der Waals surface area contributed by atoms with E-state index >= 15 is 0 Å². The number of phenols is 1. The molecule has 6 nitrogen and oxygen atoms in total. The number of phenolic OH excluding ortho intramolecular Hbond substituents is 1. The smallest absolute Gasteiger partial charge is 0.161 e. The van der Waals surface area contributed by atoms with Crippen LogP contribution in [0.2, 0.25) is 0 Å². The Morgan fingerprint density at radius 3 is 2.44 bits per heavy atom. The van der Waals surface area contributed by atoms with Crippen molar-refractivity contribution in [1.82, 2.24) is 14.9 Å². The van der Waals surface area contributed by atoms with Gasteiger partial charge in [0.2, 0.25) is 0 Å². The van der Waals surface area contributed by atoms with E-state index < -0.39 is 0 Å². The number of nitrogens with zero attached hydrogens (tertiary/aromatic N) is 3. The highest BCUT2D eigenvalue weighted by molar-refractivity contribution is 5.79. The van der Waals surface area contributed by atoms with Crippen molar-refractivity contribution in [3.8, 4) is 39.8 Å². The molecule has 4 aromatic rings. The van der Waals surface area contributed by atoms with E-state index in [1.165, 1.54) is 5.56 Å². The summed E-state index contributed by atoms with van der Waals surface area (Å²) < 4.78 is 11.1. The molecule has 2 heterocycles. The standard InChI is InChI=1S/C33H33N3O3/c1-36-15-14-33-19-26-25(18-24(33)27(36)17-21-12-13-28(39-3)32(37)29(21)33)34-31(22-10-7-11-23(16-22)38-2)30(35-26)20-8-5-4-6-9-20/h4-13,16,24,27,37H,14-15,17-19H2,1-3H3/t24-,27+,33-/m1/s1. The zero-order chi connectivity index (χ0) is 26.7. The van der Waals surface area contributed by atoms with Gasteiger partial charge in [-0.25, -0.2) is 9.97 Å². The number of methoxy groups -OCH3 is 2. The van der Waals surface area contributed by atoms with Gasteiger partial charge in [-0.05, 0) is 62.5 Å². The van der Waals surface area contributed by atoms with Crippen LogP contribution in [0.1, 0.15) is 28.9 Å². The first-order valence-corrected chi connectivity index (χ1v) is 13.7. The number of benzene rings is 3. The number of aromatic hydroxyl groups is 1. The van der Waals surface area contributed by atoms with Gasteiger partial charge in [-0.2, -0.15) is 0 Å². The fraction of sp³-hybridized carbons (Fsp3) is 0.333. The number of ether oxygens (including phenoxy) is 2. The predicted molar refractivity (Wildman–Crippen MR) is 151 cm³/mol. The van der Waals surface area contributed by atoms with E-state index in [9.17, 15) is 5.11 Å². The molecule has 198 valence electrons. The Labute approximate surface area is 229 Å². The molecule has 39 heavy (non-hydrogen) atoms. The van der Waals surface area contributed by atoms with Gasteiger partial charge in [0.15, 0.2) is 11.5 Å². The molecule has 7 rings (SSSR count). The number of fused-ring (bicyclic) bond motifs is 2. The lowest BCUT2D eigenvalue weighted by atomic mass is 9.52. The monoisotopic (exact) mass is 519 g/mol. The molecular formula is C33H33N3O3. The zero-order valence-electron chi connectivity index (χ0n) is 22.6. The minimum atomic E-state index is -0.198. The van der Waals surface area contributed by atoms with Crippen LogP contribution < -0.4 is 9.47 Å². The lowest BCUT2D eigenvalue weighted by Crippen LogP contribution is -2.61. The van der Waals surface area contributed by atoms with Gasteiger partial charge < -0.3 is 19.5 Å². The highest BCUT2D eigenvalue weighted by atomic mass is 16.5. The van der Waals surface area contributed by atoms with Gasteiger partial charge in [-0.1, -0.05) is 48.5 Å². The fourth-order valence-corrected chi connectivity index (χ4v) is 7.47. The van der Waals surface area contributed by atoms with Crippen LogP contribution in [0, 0.1) is 5.92 Å². The van der Waals surface area contributed by atoms with Crippen LogP contribution in [0.5, 0.6) is 17.2 Å². The van der Waals surface area contributed by atoms with E-state index in [0.29, 0.717) is 23.5 Å². The number of rotatable bonds is 4. The Morgan fingerprint density at radius 2 is 1.64 bits per heavy atom. The predicted octanol–water partition coefficient (Wildman–Crippen LogP) is 5.45. The Morgan fingerprint density at radius 1 is 0.872 bits per heavy atom. The van der Waals surface area contributed by atoms with Crippen LogP contribution in [0.3, 0.4) is 0 Å². The van der Waals surface area contributed by atoms with E-state index in [1.807, 2.05) is 42.5 Å². The van der Waals surface area contributed by atoms with Crippen LogP contribution in [0.25, 0.3) is 22.5 Å². The third kappa shape index (κ3) is 3.65. The summed E-state index contributed by atoms with van der Waals surface area (Å²) in [4.78, 5) is 13.3. The maximum absolute atomic E-state index is 11.5. The third-order valence-electron chi connectivity index (χ3n) is 9.36. The second kappa shape index (κ2) is 9.09. The van der Waals surface area contributed by atoms with Crippen molar-refractivity contribution in [2.75, 3.05) is 27.8 Å². The topological polar surface area (TPSA) is 67.7 Å². The Bertz CT molecular complexity index is 1570. The maximum Gasteiger partial charge on any atom is 0.161 e. The maximum atomic E-state index is 11.5. The van der Waals surface area contributed by atoms with Crippen LogP contribution in [0.15, 0.2) is 66.7 Å². The van der Waals surface area contributed by atoms with E-state index in [0.717, 1.165) is 77.4 Å². The molecule has 0 unspecified atom stereocenters. The molecule has 3 atom stereocenters. The average Bonchev–Trinajstić information content (AvgIpc) is 2.97. The summed E-state index contributed by atoms with van der Waals surface area (Å²) in [5.74, 6) is 1.99. The quantitative estimate of drug-likeness (QED) is 0.387. The van der Waals surface area contributed by atoms with Gasteiger partial charge >= 0.3 is 0 Å². The Balaban J connectivity index is 1.44. The van der Waals surface area contributed by atoms with Crippen LogP contribution >= 0.6 is 0 Å². The molecule has 1 saturated heterocycles. The Hall–Kier alpha value is -3.90. The zero-order valence-corrected chi connectivity index (χ0v) is 22.6. The van der Waals surface area contributed by atoms with Gasteiger partial charge in [-0.15, -0.1) is 0 Å². The van der Waals surface area contributed by atoms with Gasteiger partial charge in [0.05, 0.1) is 37.0 Å². The second-order valence-electron chi connectivity index (χ2n) is 11.2. The number of aromatic nitrogens is 2. The van der Waals surface area contributed by atoms with Gasteiger partial charge in [0.25, 0.3) is 0 Å². The molecule has 1 fully saturated rings. The molecule has 0 spiro atoms. The lowest BCUT2D eigenvalue weighted by Gasteiger charge is -2.58. The van der Waals surface area contributed by atoms with Crippen molar-refractivity contribution in [2.45, 2.75) is 37.1 Å². The van der Waals surface area contributed by atoms with Crippen LogP contribution in [-0.4, -0.2) is 53.8 Å². The van der Waals surface area contributed by atoms with E-state index in [4.69, 9.17) is 19.4 Å². The van der Waals surface area contributed by atoms with Crippen molar-refractivity contribution >= 4 is 0 Å². The molecule has 2 bridgehead atoms. The molecule has 0 radical (unpaired) electrons. The minimum Gasteiger partial charge on any atom is -0.504 e. The van der Waals surface area contributed by atoms with Crippen molar-refractivity contribution in [3.05, 3.63) is 89.2 Å². The summed E-state index contributed by atoms with van der Waals surface area (Å²) >= 11 is 0. The third-order valence-corrected chi connectivity index (χ3v) is 9.36. The highest BCUT2D eigenvalue weighted by Crippen LogP contribution is 2.57. The van der Waals surface area contributed by atoms with Crippen LogP contribution in [0.4, 0.5) is 0 Å². The van der Waals surface area contributed by atoms with Crippen molar-refractivity contribution in [2.24, 2.45) is 5.92 Å². The van der Waals surface area contributed by atoms with Gasteiger partial charge in [-0.3, -0.25) is 0 Å². The molecule has 6 heteroatoms. The largest absolute Gasteiger partial charge is 0.504 e. The number of hydrogen-bond donors (Lipinski definition) is 1. The van der Waals surface area contributed by atoms with Crippen molar-refractivity contribution in [1.29, 1.82) is 0 Å². The normalized spacial score (nSPS) is 23.4. The number of likely N-dealkylation sites (tertiary alicyclic amines) is 1. The summed E-state index contributed by atoms with van der Waals surface area (Å²) in [5, 5.41) is 11.5. The lowest BCUT2D eigenvalue weighted by molar-refractivity contribution is 0.0210. The molecule has 1 aromatic heterocycles. The number of hydrogen-bond acceptors (Lipinski definition) is 6. The fourth-order valence-electron chi connectivity index (χ4n) is 7.47. The molecule has 0 amide bonds.